The number of thioether (sulfide) groups is 1. The Labute approximate surface area is 105 Å². The van der Waals surface area contributed by atoms with Crippen LogP contribution in [0.1, 0.15) is 12.0 Å². The van der Waals surface area contributed by atoms with Gasteiger partial charge < -0.3 is 5.11 Å². The van der Waals surface area contributed by atoms with Crippen LogP contribution in [-0.2, 0) is 17.9 Å². The molecule has 1 aromatic rings. The summed E-state index contributed by atoms with van der Waals surface area (Å²) in [5.74, 6) is 1.62. The van der Waals surface area contributed by atoms with Crippen molar-refractivity contribution >= 4 is 17.7 Å². The molecule has 1 saturated heterocycles. The predicted molar refractivity (Wildman–Crippen MR) is 67.1 cm³/mol. The summed E-state index contributed by atoms with van der Waals surface area (Å²) in [7, 11) is 0. The first-order valence-electron chi connectivity index (χ1n) is 5.77. The molecule has 6 heteroatoms. The fraction of sp³-hybridized carbons (Fsp3) is 0.636. The molecule has 5 nitrogen and oxygen atoms in total. The number of hydrogen-bond donors (Lipinski definition) is 1. The van der Waals surface area contributed by atoms with Crippen molar-refractivity contribution in [3.05, 3.63) is 18.0 Å². The topological polar surface area (TPSA) is 58.4 Å². The Kier molecular flexibility index (Phi) is 4.44. The first-order valence-corrected chi connectivity index (χ1v) is 6.93. The van der Waals surface area contributed by atoms with Gasteiger partial charge in [0.2, 0.25) is 0 Å². The van der Waals surface area contributed by atoms with Crippen LogP contribution in [0.2, 0.25) is 0 Å². The van der Waals surface area contributed by atoms with Crippen LogP contribution in [0.15, 0.2) is 12.4 Å². The Hall–Kier alpha value is -1.01. The van der Waals surface area contributed by atoms with Gasteiger partial charge in [-0.25, -0.2) is 0 Å². The van der Waals surface area contributed by atoms with Gasteiger partial charge in [-0.1, -0.05) is 0 Å². The van der Waals surface area contributed by atoms with Gasteiger partial charge in [0.25, 0.3) is 0 Å². The third-order valence-corrected chi connectivity index (χ3v) is 3.69. The maximum absolute atomic E-state index is 10.4. The molecule has 0 aliphatic carbocycles. The summed E-state index contributed by atoms with van der Waals surface area (Å²) in [5.41, 5.74) is 1.17. The lowest BCUT2D eigenvalue weighted by atomic mass is 10.3. The van der Waals surface area contributed by atoms with Crippen molar-refractivity contribution in [2.45, 2.75) is 19.5 Å². The van der Waals surface area contributed by atoms with E-state index in [0.717, 1.165) is 19.6 Å². The lowest BCUT2D eigenvalue weighted by Gasteiger charge is -2.25. The molecule has 0 bridgehead atoms. The molecular weight excluding hydrogens is 238 g/mol. The lowest BCUT2D eigenvalue weighted by Crippen LogP contribution is -2.31. The minimum atomic E-state index is -0.782. The average molecular weight is 255 g/mol. The number of nitrogens with zero attached hydrogens (tertiary/aromatic N) is 3. The number of hydrogen-bond acceptors (Lipinski definition) is 4. The zero-order valence-electron chi connectivity index (χ0n) is 9.71. The van der Waals surface area contributed by atoms with Crippen molar-refractivity contribution in [2.24, 2.45) is 0 Å². The molecule has 0 radical (unpaired) electrons. The number of carbonyl (C=O) groups is 1. The van der Waals surface area contributed by atoms with Gasteiger partial charge in [-0.15, -0.1) is 0 Å². The van der Waals surface area contributed by atoms with E-state index in [1.807, 2.05) is 24.2 Å². The minimum absolute atomic E-state index is 0.126. The lowest BCUT2D eigenvalue weighted by molar-refractivity contribution is -0.137. The van der Waals surface area contributed by atoms with Crippen LogP contribution in [0.3, 0.4) is 0 Å². The Morgan fingerprint density at radius 1 is 1.47 bits per heavy atom. The van der Waals surface area contributed by atoms with Crippen LogP contribution in [-0.4, -0.2) is 50.4 Å². The zero-order valence-corrected chi connectivity index (χ0v) is 10.5. The second-order valence-electron chi connectivity index (χ2n) is 4.14. The molecule has 1 fully saturated rings. The SMILES string of the molecule is O=C(O)CCn1cc(CN2CCSCC2)cn1. The molecule has 2 heterocycles. The predicted octanol–water partition coefficient (Wildman–Crippen LogP) is 0.907. The van der Waals surface area contributed by atoms with Crippen LogP contribution < -0.4 is 0 Å². The molecule has 1 aliphatic rings. The molecule has 1 N–H and O–H groups in total. The summed E-state index contributed by atoms with van der Waals surface area (Å²) >= 11 is 2.00. The second-order valence-corrected chi connectivity index (χ2v) is 5.37. The highest BCUT2D eigenvalue weighted by atomic mass is 32.2. The number of aryl methyl sites for hydroxylation is 1. The molecule has 0 saturated carbocycles. The van der Waals surface area contributed by atoms with Gasteiger partial charge in [0.15, 0.2) is 0 Å². The van der Waals surface area contributed by atoms with Crippen LogP contribution in [0, 0.1) is 0 Å². The molecular formula is C11H17N3O2S. The maximum Gasteiger partial charge on any atom is 0.305 e. The van der Waals surface area contributed by atoms with Gasteiger partial charge in [0, 0.05) is 42.9 Å². The van der Waals surface area contributed by atoms with Gasteiger partial charge in [-0.05, 0) is 0 Å². The smallest absolute Gasteiger partial charge is 0.305 e. The van der Waals surface area contributed by atoms with E-state index in [0.29, 0.717) is 6.54 Å². The first-order chi connectivity index (χ1) is 8.24. The molecule has 0 amide bonds. The number of carboxylic acid groups (broad SMARTS) is 1. The van der Waals surface area contributed by atoms with Crippen LogP contribution in [0.5, 0.6) is 0 Å². The Balaban J connectivity index is 1.82. The summed E-state index contributed by atoms with van der Waals surface area (Å²) in [6.07, 6.45) is 3.91. The Bertz CT molecular complexity index is 375. The highest BCUT2D eigenvalue weighted by Crippen LogP contribution is 2.12. The minimum Gasteiger partial charge on any atom is -0.481 e. The number of rotatable bonds is 5. The van der Waals surface area contributed by atoms with Gasteiger partial charge >= 0.3 is 5.97 Å². The molecule has 0 spiro atoms. The van der Waals surface area contributed by atoms with E-state index >= 15 is 0 Å². The van der Waals surface area contributed by atoms with Crippen molar-refractivity contribution in [3.63, 3.8) is 0 Å². The summed E-state index contributed by atoms with van der Waals surface area (Å²) in [6.45, 7) is 3.63. The third-order valence-electron chi connectivity index (χ3n) is 2.75. The summed E-state index contributed by atoms with van der Waals surface area (Å²) in [4.78, 5) is 12.9. The first kappa shape index (κ1) is 12.4. The number of carboxylic acids is 1. The van der Waals surface area contributed by atoms with Crippen LogP contribution >= 0.6 is 11.8 Å². The summed E-state index contributed by atoms with van der Waals surface area (Å²) in [5, 5.41) is 12.8. The number of aromatic nitrogens is 2. The van der Waals surface area contributed by atoms with Crippen molar-refractivity contribution in [1.82, 2.24) is 14.7 Å². The standard InChI is InChI=1S/C11H17N3O2S/c15-11(16)1-2-14-9-10(7-12-14)8-13-3-5-17-6-4-13/h7,9H,1-6,8H2,(H,15,16). The Morgan fingerprint density at radius 2 is 2.24 bits per heavy atom. The average Bonchev–Trinajstić information content (AvgIpc) is 2.75. The molecule has 1 aromatic heterocycles. The molecule has 0 atom stereocenters. The fourth-order valence-corrected chi connectivity index (χ4v) is 2.82. The largest absolute Gasteiger partial charge is 0.481 e. The van der Waals surface area contributed by atoms with E-state index in [2.05, 4.69) is 10.00 Å². The number of aliphatic carboxylic acids is 1. The van der Waals surface area contributed by atoms with Gasteiger partial charge in [-0.2, -0.15) is 16.9 Å². The summed E-state index contributed by atoms with van der Waals surface area (Å²) in [6, 6.07) is 0. The fourth-order valence-electron chi connectivity index (χ4n) is 1.84. The van der Waals surface area contributed by atoms with Gasteiger partial charge in [-0.3, -0.25) is 14.4 Å². The van der Waals surface area contributed by atoms with Gasteiger partial charge in [0.1, 0.15) is 0 Å². The van der Waals surface area contributed by atoms with Crippen molar-refractivity contribution < 1.29 is 9.90 Å². The van der Waals surface area contributed by atoms with E-state index in [9.17, 15) is 4.79 Å². The monoisotopic (exact) mass is 255 g/mol. The van der Waals surface area contributed by atoms with E-state index in [-0.39, 0.29) is 6.42 Å². The quantitative estimate of drug-likeness (QED) is 0.847. The Morgan fingerprint density at radius 3 is 2.94 bits per heavy atom. The van der Waals surface area contributed by atoms with E-state index in [1.54, 1.807) is 4.68 Å². The van der Waals surface area contributed by atoms with Crippen LogP contribution in [0.4, 0.5) is 0 Å². The summed E-state index contributed by atoms with van der Waals surface area (Å²) < 4.78 is 1.71. The normalized spacial score (nSPS) is 17.2. The van der Waals surface area contributed by atoms with Crippen molar-refractivity contribution in [1.29, 1.82) is 0 Å². The third kappa shape index (κ3) is 4.05. The van der Waals surface area contributed by atoms with E-state index in [4.69, 9.17) is 5.11 Å². The molecule has 2 rings (SSSR count). The maximum atomic E-state index is 10.4. The molecule has 1 aliphatic heterocycles. The van der Waals surface area contributed by atoms with Gasteiger partial charge in [0.05, 0.1) is 19.2 Å². The highest BCUT2D eigenvalue weighted by molar-refractivity contribution is 7.99. The van der Waals surface area contributed by atoms with E-state index in [1.165, 1.54) is 17.1 Å². The second kappa shape index (κ2) is 6.07. The highest BCUT2D eigenvalue weighted by Gasteiger charge is 2.11. The van der Waals surface area contributed by atoms with Crippen molar-refractivity contribution in [2.75, 3.05) is 24.6 Å². The van der Waals surface area contributed by atoms with Crippen molar-refractivity contribution in [3.8, 4) is 0 Å². The molecule has 94 valence electrons. The molecule has 17 heavy (non-hydrogen) atoms. The van der Waals surface area contributed by atoms with E-state index < -0.39 is 5.97 Å². The zero-order chi connectivity index (χ0) is 12.1. The molecule has 0 unspecified atom stereocenters. The molecule has 0 aromatic carbocycles. The van der Waals surface area contributed by atoms with Crippen LogP contribution in [0.25, 0.3) is 0 Å².